The fourth-order valence-electron chi connectivity index (χ4n) is 3.11. The maximum Gasteiger partial charge on any atom is 0.248 e. The highest BCUT2D eigenvalue weighted by Crippen LogP contribution is 2.33. The summed E-state index contributed by atoms with van der Waals surface area (Å²) in [5.74, 6) is 0.540. The van der Waals surface area contributed by atoms with Crippen molar-refractivity contribution in [3.05, 3.63) is 24.2 Å². The summed E-state index contributed by atoms with van der Waals surface area (Å²) >= 11 is 0. The van der Waals surface area contributed by atoms with Gasteiger partial charge in [0.2, 0.25) is 5.91 Å². The first kappa shape index (κ1) is 12.7. The first-order valence-corrected chi connectivity index (χ1v) is 6.86. The lowest BCUT2D eigenvalue weighted by Crippen LogP contribution is -2.42. The molecule has 3 rings (SSSR count). The van der Waals surface area contributed by atoms with Crippen molar-refractivity contribution in [2.75, 3.05) is 20.1 Å². The molecule has 0 saturated carbocycles. The number of nitrogens with zero attached hydrogens (tertiary/aromatic N) is 1. The van der Waals surface area contributed by atoms with Gasteiger partial charge in [-0.15, -0.1) is 0 Å². The molecule has 1 amide bonds. The smallest absolute Gasteiger partial charge is 0.248 e. The van der Waals surface area contributed by atoms with Crippen LogP contribution in [-0.2, 0) is 16.1 Å². The second-order valence-electron chi connectivity index (χ2n) is 5.43. The number of hydrogen-bond acceptors (Lipinski definition) is 4. The number of likely N-dealkylation sites (N-methyl/N-ethyl adjacent to an activating group) is 1. The van der Waals surface area contributed by atoms with Gasteiger partial charge in [-0.2, -0.15) is 0 Å². The third kappa shape index (κ3) is 2.67. The van der Waals surface area contributed by atoms with Crippen molar-refractivity contribution in [1.82, 2.24) is 10.2 Å². The second-order valence-corrected chi connectivity index (χ2v) is 5.43. The molecule has 3 atom stereocenters. The monoisotopic (exact) mass is 264 g/mol. The number of nitrogens with one attached hydrogen (secondary N) is 1. The maximum atomic E-state index is 11.6. The summed E-state index contributed by atoms with van der Waals surface area (Å²) in [6, 6.07) is 1.99. The average Bonchev–Trinajstić information content (AvgIpc) is 3.06. The molecule has 0 unspecified atom stereocenters. The van der Waals surface area contributed by atoms with Crippen LogP contribution in [0.5, 0.6) is 0 Å². The van der Waals surface area contributed by atoms with E-state index in [2.05, 4.69) is 10.2 Å². The number of ether oxygens (including phenoxy) is 1. The summed E-state index contributed by atoms with van der Waals surface area (Å²) in [6.45, 7) is 2.87. The molecule has 2 aliphatic heterocycles. The standard InChI is InChI=1S/C14H20N2O3/c1-15-14(17)12-6-11-2-4-16(8-13(11)19-12)7-10-3-5-18-9-10/h3,5,9,11-13H,2,4,6-8H2,1H3,(H,15,17)/t11-,12+,13-/m0/s1. The van der Waals surface area contributed by atoms with E-state index in [1.54, 1.807) is 19.6 Å². The fourth-order valence-corrected chi connectivity index (χ4v) is 3.11. The summed E-state index contributed by atoms with van der Waals surface area (Å²) in [5.41, 5.74) is 1.19. The SMILES string of the molecule is CNC(=O)[C@H]1C[C@@H]2CCN(Cc3ccoc3)C[C@@H]2O1. The summed E-state index contributed by atoms with van der Waals surface area (Å²) < 4.78 is 11.0. The van der Waals surface area contributed by atoms with Gasteiger partial charge in [0.05, 0.1) is 18.6 Å². The van der Waals surface area contributed by atoms with Crippen LogP contribution in [0.3, 0.4) is 0 Å². The first-order valence-electron chi connectivity index (χ1n) is 6.86. The molecule has 0 aliphatic carbocycles. The summed E-state index contributed by atoms with van der Waals surface area (Å²) in [7, 11) is 1.67. The minimum Gasteiger partial charge on any atom is -0.472 e. The molecular formula is C14H20N2O3. The molecule has 19 heavy (non-hydrogen) atoms. The summed E-state index contributed by atoms with van der Waals surface area (Å²) in [6.07, 6.45) is 5.40. The molecule has 1 N–H and O–H groups in total. The molecule has 3 heterocycles. The summed E-state index contributed by atoms with van der Waals surface area (Å²) in [4.78, 5) is 14.0. The van der Waals surface area contributed by atoms with Gasteiger partial charge in [0.25, 0.3) is 0 Å². The first-order chi connectivity index (χ1) is 9.26. The molecule has 1 aromatic rings. The number of fused-ring (bicyclic) bond motifs is 1. The van der Waals surface area contributed by atoms with Gasteiger partial charge in [0.15, 0.2) is 0 Å². The number of furan rings is 1. The van der Waals surface area contributed by atoms with E-state index in [1.165, 1.54) is 5.56 Å². The van der Waals surface area contributed by atoms with Gasteiger partial charge in [-0.05, 0) is 31.4 Å². The molecule has 0 radical (unpaired) electrons. The van der Waals surface area contributed by atoms with Crippen molar-refractivity contribution in [2.24, 2.45) is 5.92 Å². The predicted octanol–water partition coefficient (Wildman–Crippen LogP) is 1.00. The lowest BCUT2D eigenvalue weighted by atomic mass is 9.91. The Kier molecular flexibility index (Phi) is 3.57. The van der Waals surface area contributed by atoms with E-state index in [-0.39, 0.29) is 18.1 Å². The number of carbonyl (C=O) groups excluding carboxylic acids is 1. The van der Waals surface area contributed by atoms with E-state index in [9.17, 15) is 4.79 Å². The van der Waals surface area contributed by atoms with Crippen LogP contribution in [0.1, 0.15) is 18.4 Å². The van der Waals surface area contributed by atoms with Crippen LogP contribution < -0.4 is 5.32 Å². The van der Waals surface area contributed by atoms with Crippen LogP contribution in [-0.4, -0.2) is 43.2 Å². The second kappa shape index (κ2) is 5.35. The summed E-state index contributed by atoms with van der Waals surface area (Å²) in [5, 5.41) is 2.67. The molecule has 104 valence electrons. The molecule has 2 aliphatic rings. The third-order valence-corrected chi connectivity index (χ3v) is 4.16. The van der Waals surface area contributed by atoms with Gasteiger partial charge in [-0.3, -0.25) is 9.69 Å². The molecule has 5 heteroatoms. The Balaban J connectivity index is 1.57. The van der Waals surface area contributed by atoms with Crippen molar-refractivity contribution in [3.63, 3.8) is 0 Å². The number of likely N-dealkylation sites (tertiary alicyclic amines) is 1. The number of piperidine rings is 1. The molecule has 2 fully saturated rings. The molecule has 1 aromatic heterocycles. The normalized spacial score (nSPS) is 31.1. The van der Waals surface area contributed by atoms with Gasteiger partial charge in [0, 0.05) is 25.7 Å². The predicted molar refractivity (Wildman–Crippen MR) is 69.4 cm³/mol. The van der Waals surface area contributed by atoms with Crippen molar-refractivity contribution < 1.29 is 13.9 Å². The fraction of sp³-hybridized carbons (Fsp3) is 0.643. The Hall–Kier alpha value is -1.33. The van der Waals surface area contributed by atoms with E-state index in [4.69, 9.17) is 9.15 Å². The number of carbonyl (C=O) groups is 1. The van der Waals surface area contributed by atoms with Gasteiger partial charge in [0.1, 0.15) is 6.10 Å². The van der Waals surface area contributed by atoms with Crippen LogP contribution in [0, 0.1) is 5.92 Å². The Bertz CT molecular complexity index is 432. The van der Waals surface area contributed by atoms with Crippen LogP contribution in [0.2, 0.25) is 0 Å². The third-order valence-electron chi connectivity index (χ3n) is 4.16. The molecule has 0 aromatic carbocycles. The van der Waals surface area contributed by atoms with Crippen LogP contribution in [0.25, 0.3) is 0 Å². The average molecular weight is 264 g/mol. The van der Waals surface area contributed by atoms with E-state index in [0.717, 1.165) is 32.5 Å². The molecule has 0 bridgehead atoms. The molecule has 2 saturated heterocycles. The molecular weight excluding hydrogens is 244 g/mol. The minimum atomic E-state index is -0.256. The van der Waals surface area contributed by atoms with Crippen LogP contribution in [0.4, 0.5) is 0 Å². The van der Waals surface area contributed by atoms with E-state index >= 15 is 0 Å². The Morgan fingerprint density at radius 2 is 2.47 bits per heavy atom. The van der Waals surface area contributed by atoms with Gasteiger partial charge < -0.3 is 14.5 Å². The van der Waals surface area contributed by atoms with Gasteiger partial charge in [-0.25, -0.2) is 0 Å². The number of amides is 1. The zero-order valence-corrected chi connectivity index (χ0v) is 11.2. The lowest BCUT2D eigenvalue weighted by Gasteiger charge is -2.33. The highest BCUT2D eigenvalue weighted by atomic mass is 16.5. The quantitative estimate of drug-likeness (QED) is 0.885. The van der Waals surface area contributed by atoms with Crippen LogP contribution >= 0.6 is 0 Å². The van der Waals surface area contributed by atoms with E-state index in [0.29, 0.717) is 5.92 Å². The van der Waals surface area contributed by atoms with Gasteiger partial charge >= 0.3 is 0 Å². The van der Waals surface area contributed by atoms with Crippen molar-refractivity contribution in [1.29, 1.82) is 0 Å². The van der Waals surface area contributed by atoms with E-state index in [1.807, 2.05) is 6.07 Å². The number of rotatable bonds is 3. The Morgan fingerprint density at radius 3 is 3.21 bits per heavy atom. The lowest BCUT2D eigenvalue weighted by molar-refractivity contribution is -0.132. The topological polar surface area (TPSA) is 54.7 Å². The largest absolute Gasteiger partial charge is 0.472 e. The van der Waals surface area contributed by atoms with E-state index < -0.39 is 0 Å². The zero-order chi connectivity index (χ0) is 13.2. The Labute approximate surface area is 112 Å². The molecule has 0 spiro atoms. The Morgan fingerprint density at radius 1 is 1.58 bits per heavy atom. The highest BCUT2D eigenvalue weighted by molar-refractivity contribution is 5.80. The van der Waals surface area contributed by atoms with Crippen molar-refractivity contribution >= 4 is 5.91 Å². The molecule has 5 nitrogen and oxygen atoms in total. The zero-order valence-electron chi connectivity index (χ0n) is 11.2. The van der Waals surface area contributed by atoms with Crippen molar-refractivity contribution in [2.45, 2.75) is 31.6 Å². The maximum absolute atomic E-state index is 11.6. The van der Waals surface area contributed by atoms with Gasteiger partial charge in [-0.1, -0.05) is 0 Å². The number of hydrogen-bond donors (Lipinski definition) is 1. The van der Waals surface area contributed by atoms with Crippen LogP contribution in [0.15, 0.2) is 23.0 Å². The minimum absolute atomic E-state index is 0.00999. The van der Waals surface area contributed by atoms with Crippen molar-refractivity contribution in [3.8, 4) is 0 Å². The highest BCUT2D eigenvalue weighted by Gasteiger charge is 2.41.